The van der Waals surface area contributed by atoms with Crippen LogP contribution in [0, 0.1) is 0 Å². The second kappa shape index (κ2) is 11.4. The minimum absolute atomic E-state index is 0.136. The maximum absolute atomic E-state index is 12.6. The van der Waals surface area contributed by atoms with Gasteiger partial charge in [0, 0.05) is 35.2 Å². The lowest BCUT2D eigenvalue weighted by Crippen LogP contribution is -2.12. The molecule has 7 nitrogen and oxygen atoms in total. The first-order chi connectivity index (χ1) is 15.4. The molecule has 0 bridgehead atoms. The number of anilines is 1. The quantitative estimate of drug-likeness (QED) is 0.325. The van der Waals surface area contributed by atoms with Gasteiger partial charge in [-0.1, -0.05) is 28.9 Å². The summed E-state index contributed by atoms with van der Waals surface area (Å²) in [5, 5.41) is 7.53. The predicted octanol–water partition coefficient (Wildman–Crippen LogP) is 6.33. The lowest BCUT2D eigenvalue weighted by molar-refractivity contribution is -0.116. The minimum atomic E-state index is -3.16. The van der Waals surface area contributed by atoms with E-state index in [1.54, 1.807) is 50.2 Å². The molecule has 9 heteroatoms. The molecule has 0 fully saturated rings. The van der Waals surface area contributed by atoms with Crippen molar-refractivity contribution in [2.45, 2.75) is 32.9 Å². The first-order valence-corrected chi connectivity index (χ1v) is 12.5. The maximum atomic E-state index is 12.6. The number of nitrogens with zero attached hydrogens (tertiary/aromatic N) is 1. The summed E-state index contributed by atoms with van der Waals surface area (Å²) >= 11 is 5.90. The number of carbonyl (C=O) groups is 1. The average molecular weight is 477 g/mol. The van der Waals surface area contributed by atoms with Gasteiger partial charge in [-0.05, 0) is 55.8 Å². The van der Waals surface area contributed by atoms with Crippen LogP contribution in [-0.4, -0.2) is 24.3 Å². The molecule has 170 valence electrons. The molecule has 0 saturated heterocycles. The fourth-order valence-electron chi connectivity index (χ4n) is 3.08. The van der Waals surface area contributed by atoms with E-state index in [0.717, 1.165) is 11.1 Å². The van der Waals surface area contributed by atoms with Crippen molar-refractivity contribution in [2.24, 2.45) is 0 Å². The van der Waals surface area contributed by atoms with Crippen LogP contribution in [0.4, 0.5) is 5.69 Å². The molecule has 1 amide bonds. The van der Waals surface area contributed by atoms with Crippen LogP contribution in [0.1, 0.15) is 31.5 Å². The van der Waals surface area contributed by atoms with Gasteiger partial charge in [0.2, 0.25) is 5.91 Å². The van der Waals surface area contributed by atoms with Gasteiger partial charge in [-0.3, -0.25) is 9.36 Å². The van der Waals surface area contributed by atoms with Crippen LogP contribution in [0.3, 0.4) is 0 Å². The first-order valence-electron chi connectivity index (χ1n) is 10.4. The molecule has 0 spiro atoms. The van der Waals surface area contributed by atoms with Crippen molar-refractivity contribution in [3.8, 4) is 11.3 Å². The molecule has 1 heterocycles. The van der Waals surface area contributed by atoms with E-state index in [-0.39, 0.29) is 18.5 Å². The van der Waals surface area contributed by atoms with Gasteiger partial charge in [-0.2, -0.15) is 0 Å². The summed E-state index contributed by atoms with van der Waals surface area (Å²) in [5.41, 5.74) is 3.04. The summed E-state index contributed by atoms with van der Waals surface area (Å²) in [7, 11) is -3.16. The lowest BCUT2D eigenvalue weighted by atomic mass is 10.1. The molecule has 3 aromatic rings. The van der Waals surface area contributed by atoms with E-state index >= 15 is 0 Å². The zero-order chi connectivity index (χ0) is 23.0. The molecule has 3 rings (SSSR count). The van der Waals surface area contributed by atoms with Gasteiger partial charge in [-0.15, -0.1) is 0 Å². The van der Waals surface area contributed by atoms with Gasteiger partial charge in [0.25, 0.3) is 0 Å². The standard InChI is InChI=1S/C23H26ClN2O5P/c1-3-29-32(28,30-4-2)16-17-5-11-20(12-6-17)25-23(27)14-13-21-15-22(31-26-21)18-7-9-19(24)10-8-18/h5-12,15H,3-4,13-14,16H2,1-2H3,(H,25,27). The van der Waals surface area contributed by atoms with Crippen LogP contribution in [0.2, 0.25) is 5.02 Å². The normalized spacial score (nSPS) is 11.5. The van der Waals surface area contributed by atoms with Gasteiger partial charge >= 0.3 is 7.60 Å². The number of amides is 1. The Hall–Kier alpha value is -2.44. The van der Waals surface area contributed by atoms with Crippen molar-refractivity contribution in [2.75, 3.05) is 18.5 Å². The smallest absolute Gasteiger partial charge is 0.335 e. The van der Waals surface area contributed by atoms with Crippen LogP contribution >= 0.6 is 19.2 Å². The summed E-state index contributed by atoms with van der Waals surface area (Å²) in [4.78, 5) is 12.3. The number of rotatable bonds is 11. The monoisotopic (exact) mass is 476 g/mol. The molecule has 32 heavy (non-hydrogen) atoms. The Kier molecular flexibility index (Phi) is 8.65. The van der Waals surface area contributed by atoms with E-state index in [1.165, 1.54) is 0 Å². The highest BCUT2D eigenvalue weighted by Crippen LogP contribution is 2.51. The Balaban J connectivity index is 1.51. The molecule has 0 atom stereocenters. The molecule has 1 N–H and O–H groups in total. The molecular formula is C23H26ClN2O5P. The Labute approximate surface area is 192 Å². The van der Waals surface area contributed by atoms with Crippen molar-refractivity contribution in [3.63, 3.8) is 0 Å². The average Bonchev–Trinajstić information content (AvgIpc) is 3.23. The molecule has 0 radical (unpaired) electrons. The Morgan fingerprint density at radius 2 is 1.72 bits per heavy atom. The third-order valence-corrected chi connectivity index (χ3v) is 6.87. The number of hydrogen-bond acceptors (Lipinski definition) is 6. The molecule has 0 saturated carbocycles. The fraction of sp³-hybridized carbons (Fsp3) is 0.304. The number of aryl methyl sites for hydroxylation is 1. The van der Waals surface area contributed by atoms with Crippen LogP contribution in [-0.2, 0) is 31.0 Å². The van der Waals surface area contributed by atoms with Crippen molar-refractivity contribution >= 4 is 30.8 Å². The molecule has 0 aliphatic rings. The van der Waals surface area contributed by atoms with Gasteiger partial charge in [0.15, 0.2) is 5.76 Å². The van der Waals surface area contributed by atoms with E-state index < -0.39 is 7.60 Å². The third-order valence-electron chi connectivity index (χ3n) is 4.56. The molecule has 0 aliphatic heterocycles. The Morgan fingerprint density at radius 3 is 2.34 bits per heavy atom. The van der Waals surface area contributed by atoms with Crippen LogP contribution in [0.15, 0.2) is 59.1 Å². The maximum Gasteiger partial charge on any atom is 0.335 e. The zero-order valence-electron chi connectivity index (χ0n) is 18.0. The van der Waals surface area contributed by atoms with E-state index in [1.807, 2.05) is 18.2 Å². The number of aromatic nitrogens is 1. The van der Waals surface area contributed by atoms with Gasteiger partial charge < -0.3 is 18.9 Å². The summed E-state index contributed by atoms with van der Waals surface area (Å²) in [6.45, 7) is 4.19. The largest absolute Gasteiger partial charge is 0.356 e. The number of hydrogen-bond donors (Lipinski definition) is 1. The summed E-state index contributed by atoms with van der Waals surface area (Å²) in [5.74, 6) is 0.493. The lowest BCUT2D eigenvalue weighted by Gasteiger charge is -2.17. The van der Waals surface area contributed by atoms with Gasteiger partial charge in [-0.25, -0.2) is 0 Å². The summed E-state index contributed by atoms with van der Waals surface area (Å²) in [6.07, 6.45) is 0.899. The molecule has 2 aromatic carbocycles. The number of benzene rings is 2. The SMILES string of the molecule is CCOP(=O)(Cc1ccc(NC(=O)CCc2cc(-c3ccc(Cl)cc3)on2)cc1)OCC. The minimum Gasteiger partial charge on any atom is -0.356 e. The molecule has 0 aliphatic carbocycles. The van der Waals surface area contributed by atoms with E-state index in [2.05, 4.69) is 10.5 Å². The van der Waals surface area contributed by atoms with E-state index in [0.29, 0.717) is 41.8 Å². The third kappa shape index (κ3) is 7.04. The first kappa shape index (κ1) is 24.2. The second-order valence-electron chi connectivity index (χ2n) is 7.04. The topological polar surface area (TPSA) is 90.7 Å². The Bertz CT molecular complexity index is 1060. The second-order valence-corrected chi connectivity index (χ2v) is 9.53. The highest BCUT2D eigenvalue weighted by atomic mass is 35.5. The van der Waals surface area contributed by atoms with Gasteiger partial charge in [0.05, 0.1) is 25.1 Å². The van der Waals surface area contributed by atoms with Crippen LogP contribution < -0.4 is 5.32 Å². The molecule has 1 aromatic heterocycles. The van der Waals surface area contributed by atoms with Crippen molar-refractivity contribution < 1.29 is 22.9 Å². The highest BCUT2D eigenvalue weighted by Gasteiger charge is 2.23. The zero-order valence-corrected chi connectivity index (χ0v) is 19.7. The van der Waals surface area contributed by atoms with Crippen molar-refractivity contribution in [3.05, 3.63) is 70.9 Å². The summed E-state index contributed by atoms with van der Waals surface area (Å²) in [6, 6.07) is 16.2. The number of nitrogens with one attached hydrogen (secondary N) is 1. The molecule has 0 unspecified atom stereocenters. The summed E-state index contributed by atoms with van der Waals surface area (Å²) < 4.78 is 28.6. The number of carbonyl (C=O) groups excluding carboxylic acids is 1. The van der Waals surface area contributed by atoms with Crippen LogP contribution in [0.25, 0.3) is 11.3 Å². The van der Waals surface area contributed by atoms with Gasteiger partial charge in [0.1, 0.15) is 0 Å². The number of halogens is 1. The predicted molar refractivity (Wildman–Crippen MR) is 125 cm³/mol. The van der Waals surface area contributed by atoms with Crippen molar-refractivity contribution in [1.82, 2.24) is 5.16 Å². The Morgan fingerprint density at radius 1 is 1.06 bits per heavy atom. The van der Waals surface area contributed by atoms with E-state index in [4.69, 9.17) is 25.2 Å². The van der Waals surface area contributed by atoms with Crippen LogP contribution in [0.5, 0.6) is 0 Å². The van der Waals surface area contributed by atoms with Crippen molar-refractivity contribution in [1.29, 1.82) is 0 Å². The fourth-order valence-corrected chi connectivity index (χ4v) is 4.91. The highest BCUT2D eigenvalue weighted by molar-refractivity contribution is 7.53. The van der Waals surface area contributed by atoms with E-state index in [9.17, 15) is 9.36 Å². The molecular weight excluding hydrogens is 451 g/mol.